The standard InChI is InChI=1S/C17H23N3O/c1-4-13-5-7-14(8-6-13)16-9-15(10-18)17(21)20(19-16)11-12(2)3/h5-9,12H,4,10-11,18H2,1-3H3. The molecule has 0 aliphatic rings. The summed E-state index contributed by atoms with van der Waals surface area (Å²) in [6.45, 7) is 7.10. The van der Waals surface area contributed by atoms with Crippen LogP contribution in [-0.4, -0.2) is 9.78 Å². The van der Waals surface area contributed by atoms with Crippen molar-refractivity contribution in [2.24, 2.45) is 11.7 Å². The van der Waals surface area contributed by atoms with Crippen molar-refractivity contribution in [2.75, 3.05) is 0 Å². The van der Waals surface area contributed by atoms with Crippen molar-refractivity contribution < 1.29 is 0 Å². The number of hydrogen-bond donors (Lipinski definition) is 1. The average molecular weight is 285 g/mol. The molecule has 0 amide bonds. The van der Waals surface area contributed by atoms with Gasteiger partial charge in [-0.15, -0.1) is 0 Å². The third kappa shape index (κ3) is 3.58. The van der Waals surface area contributed by atoms with E-state index < -0.39 is 0 Å². The van der Waals surface area contributed by atoms with E-state index in [9.17, 15) is 4.79 Å². The summed E-state index contributed by atoms with van der Waals surface area (Å²) < 4.78 is 1.54. The average Bonchev–Trinajstić information content (AvgIpc) is 2.49. The summed E-state index contributed by atoms with van der Waals surface area (Å²) in [7, 11) is 0. The summed E-state index contributed by atoms with van der Waals surface area (Å²) in [4.78, 5) is 12.2. The monoisotopic (exact) mass is 285 g/mol. The minimum Gasteiger partial charge on any atom is -0.326 e. The number of nitrogens with two attached hydrogens (primary N) is 1. The first-order valence-electron chi connectivity index (χ1n) is 7.45. The fourth-order valence-corrected chi connectivity index (χ4v) is 2.26. The van der Waals surface area contributed by atoms with Gasteiger partial charge in [-0.1, -0.05) is 45.0 Å². The van der Waals surface area contributed by atoms with Crippen LogP contribution in [-0.2, 0) is 19.5 Å². The van der Waals surface area contributed by atoms with Crippen molar-refractivity contribution in [3.05, 3.63) is 51.8 Å². The Balaban J connectivity index is 2.49. The minimum absolute atomic E-state index is 0.0832. The molecule has 0 aliphatic heterocycles. The smallest absolute Gasteiger partial charge is 0.271 e. The summed E-state index contributed by atoms with van der Waals surface area (Å²) >= 11 is 0. The number of nitrogens with zero attached hydrogens (tertiary/aromatic N) is 2. The summed E-state index contributed by atoms with van der Waals surface area (Å²) in [5, 5.41) is 4.50. The van der Waals surface area contributed by atoms with E-state index in [1.807, 2.05) is 12.1 Å². The molecule has 0 aliphatic carbocycles. The highest BCUT2D eigenvalue weighted by molar-refractivity contribution is 5.59. The Morgan fingerprint density at radius 1 is 1.24 bits per heavy atom. The van der Waals surface area contributed by atoms with Crippen LogP contribution in [0.15, 0.2) is 35.1 Å². The van der Waals surface area contributed by atoms with Crippen LogP contribution in [0.4, 0.5) is 0 Å². The largest absolute Gasteiger partial charge is 0.326 e. The minimum atomic E-state index is -0.0832. The Hall–Kier alpha value is -1.94. The Bertz CT molecular complexity index is 657. The van der Waals surface area contributed by atoms with Crippen molar-refractivity contribution in [1.29, 1.82) is 0 Å². The van der Waals surface area contributed by atoms with E-state index in [1.54, 1.807) is 6.07 Å². The zero-order valence-corrected chi connectivity index (χ0v) is 13.0. The highest BCUT2D eigenvalue weighted by Crippen LogP contribution is 2.18. The quantitative estimate of drug-likeness (QED) is 0.918. The highest BCUT2D eigenvalue weighted by Gasteiger charge is 2.10. The third-order valence-electron chi connectivity index (χ3n) is 3.46. The number of benzene rings is 1. The molecule has 112 valence electrons. The van der Waals surface area contributed by atoms with Crippen molar-refractivity contribution >= 4 is 0 Å². The molecule has 0 spiro atoms. The Morgan fingerprint density at radius 2 is 1.90 bits per heavy atom. The number of aromatic nitrogens is 2. The summed E-state index contributed by atoms with van der Waals surface area (Å²) in [6.07, 6.45) is 1.01. The van der Waals surface area contributed by atoms with Crippen molar-refractivity contribution in [2.45, 2.75) is 40.3 Å². The van der Waals surface area contributed by atoms with E-state index in [4.69, 9.17) is 5.73 Å². The lowest BCUT2D eigenvalue weighted by Crippen LogP contribution is -2.29. The predicted octanol–water partition coefficient (Wildman–Crippen LogP) is 2.59. The van der Waals surface area contributed by atoms with Gasteiger partial charge in [0, 0.05) is 24.2 Å². The van der Waals surface area contributed by atoms with Crippen LogP contribution in [0, 0.1) is 5.92 Å². The van der Waals surface area contributed by atoms with Crippen LogP contribution in [0.3, 0.4) is 0 Å². The van der Waals surface area contributed by atoms with Crippen LogP contribution in [0.5, 0.6) is 0 Å². The fourth-order valence-electron chi connectivity index (χ4n) is 2.26. The van der Waals surface area contributed by atoms with Gasteiger partial charge in [0.2, 0.25) is 0 Å². The lowest BCUT2D eigenvalue weighted by Gasteiger charge is -2.12. The lowest BCUT2D eigenvalue weighted by atomic mass is 10.1. The van der Waals surface area contributed by atoms with Gasteiger partial charge in [0.25, 0.3) is 5.56 Å². The lowest BCUT2D eigenvalue weighted by molar-refractivity contribution is 0.462. The van der Waals surface area contributed by atoms with Gasteiger partial charge in [-0.3, -0.25) is 4.79 Å². The van der Waals surface area contributed by atoms with Gasteiger partial charge in [-0.05, 0) is 24.0 Å². The molecule has 1 aromatic heterocycles. The van der Waals surface area contributed by atoms with Crippen LogP contribution in [0.2, 0.25) is 0 Å². The molecule has 2 rings (SSSR count). The first kappa shape index (κ1) is 15.4. The van der Waals surface area contributed by atoms with Gasteiger partial charge in [0.05, 0.1) is 5.69 Å². The molecule has 4 nitrogen and oxygen atoms in total. The van der Waals surface area contributed by atoms with E-state index in [1.165, 1.54) is 10.2 Å². The number of hydrogen-bond acceptors (Lipinski definition) is 3. The molecule has 0 radical (unpaired) electrons. The fraction of sp³-hybridized carbons (Fsp3) is 0.412. The number of aryl methyl sites for hydroxylation is 1. The third-order valence-corrected chi connectivity index (χ3v) is 3.46. The van der Waals surface area contributed by atoms with E-state index in [0.717, 1.165) is 17.7 Å². The normalized spacial score (nSPS) is 11.1. The Kier molecular flexibility index (Phi) is 4.91. The first-order chi connectivity index (χ1) is 10.0. The first-order valence-corrected chi connectivity index (χ1v) is 7.45. The highest BCUT2D eigenvalue weighted by atomic mass is 16.1. The van der Waals surface area contributed by atoms with Crippen molar-refractivity contribution in [3.63, 3.8) is 0 Å². The van der Waals surface area contributed by atoms with E-state index >= 15 is 0 Å². The van der Waals surface area contributed by atoms with E-state index in [2.05, 4.69) is 38.0 Å². The molecule has 0 saturated heterocycles. The Labute approximate surface area is 125 Å². The maximum Gasteiger partial charge on any atom is 0.271 e. The molecule has 0 saturated carbocycles. The maximum absolute atomic E-state index is 12.2. The molecule has 0 atom stereocenters. The molecule has 1 heterocycles. The summed E-state index contributed by atoms with van der Waals surface area (Å²) in [6, 6.07) is 10.1. The van der Waals surface area contributed by atoms with Gasteiger partial charge >= 0.3 is 0 Å². The summed E-state index contributed by atoms with van der Waals surface area (Å²) in [5.41, 5.74) is 9.33. The maximum atomic E-state index is 12.2. The molecule has 0 fully saturated rings. The number of rotatable bonds is 5. The predicted molar refractivity (Wildman–Crippen MR) is 86.0 cm³/mol. The molecule has 0 unspecified atom stereocenters. The molecule has 2 aromatic rings. The molecular weight excluding hydrogens is 262 g/mol. The second-order valence-electron chi connectivity index (χ2n) is 5.69. The van der Waals surface area contributed by atoms with Gasteiger partial charge in [-0.25, -0.2) is 4.68 Å². The molecule has 0 bridgehead atoms. The molecule has 4 heteroatoms. The van der Waals surface area contributed by atoms with Crippen LogP contribution in [0.25, 0.3) is 11.3 Å². The molecule has 21 heavy (non-hydrogen) atoms. The zero-order valence-electron chi connectivity index (χ0n) is 13.0. The van der Waals surface area contributed by atoms with Crippen molar-refractivity contribution in [3.8, 4) is 11.3 Å². The molecular formula is C17H23N3O. The SMILES string of the molecule is CCc1ccc(-c2cc(CN)c(=O)n(CC(C)C)n2)cc1. The summed E-state index contributed by atoms with van der Waals surface area (Å²) in [5.74, 6) is 0.360. The van der Waals surface area contributed by atoms with Gasteiger partial charge in [0.1, 0.15) is 0 Å². The Morgan fingerprint density at radius 3 is 2.43 bits per heavy atom. The van der Waals surface area contributed by atoms with Crippen LogP contribution in [0.1, 0.15) is 31.9 Å². The van der Waals surface area contributed by atoms with E-state index in [-0.39, 0.29) is 12.1 Å². The van der Waals surface area contributed by atoms with Gasteiger partial charge in [-0.2, -0.15) is 5.10 Å². The van der Waals surface area contributed by atoms with Gasteiger partial charge < -0.3 is 5.73 Å². The second-order valence-corrected chi connectivity index (χ2v) is 5.69. The molecule has 2 N–H and O–H groups in total. The second kappa shape index (κ2) is 6.68. The van der Waals surface area contributed by atoms with Crippen LogP contribution < -0.4 is 11.3 Å². The van der Waals surface area contributed by atoms with Crippen LogP contribution >= 0.6 is 0 Å². The van der Waals surface area contributed by atoms with Gasteiger partial charge in [0.15, 0.2) is 0 Å². The van der Waals surface area contributed by atoms with Crippen molar-refractivity contribution in [1.82, 2.24) is 9.78 Å². The molecule has 1 aromatic carbocycles. The topological polar surface area (TPSA) is 60.9 Å². The zero-order chi connectivity index (χ0) is 15.4. The van der Waals surface area contributed by atoms with E-state index in [0.29, 0.717) is 18.0 Å².